The Kier molecular flexibility index (Phi) is 4.86. The van der Waals surface area contributed by atoms with Gasteiger partial charge in [-0.25, -0.2) is 4.79 Å². The molecular formula is C24H24N2O4. The molecule has 6 nitrogen and oxygen atoms in total. The molecule has 1 aliphatic rings. The molecule has 4 rings (SSSR count). The zero-order valence-corrected chi connectivity index (χ0v) is 17.5. The molecule has 1 aliphatic heterocycles. The highest BCUT2D eigenvalue weighted by Gasteiger charge is 2.49. The van der Waals surface area contributed by atoms with E-state index in [1.54, 1.807) is 21.1 Å². The molecule has 0 unspecified atom stereocenters. The fourth-order valence-electron chi connectivity index (χ4n) is 4.05. The van der Waals surface area contributed by atoms with Crippen molar-refractivity contribution in [2.75, 3.05) is 14.2 Å². The van der Waals surface area contributed by atoms with Gasteiger partial charge >= 0.3 is 6.03 Å². The van der Waals surface area contributed by atoms with Crippen molar-refractivity contribution in [3.8, 4) is 11.5 Å². The van der Waals surface area contributed by atoms with Gasteiger partial charge in [-0.3, -0.25) is 9.69 Å². The van der Waals surface area contributed by atoms with Crippen LogP contribution in [0.15, 0.2) is 54.6 Å². The molecule has 1 N–H and O–H groups in total. The number of imide groups is 1. The van der Waals surface area contributed by atoms with E-state index >= 15 is 0 Å². The Labute approximate surface area is 175 Å². The number of fused-ring (bicyclic) bond motifs is 1. The number of hydrogen-bond acceptors (Lipinski definition) is 4. The van der Waals surface area contributed by atoms with Crippen molar-refractivity contribution in [3.05, 3.63) is 71.3 Å². The maximum absolute atomic E-state index is 13.5. The Morgan fingerprint density at radius 3 is 2.37 bits per heavy atom. The fraction of sp³-hybridized carbons (Fsp3) is 0.250. The van der Waals surface area contributed by atoms with Crippen LogP contribution in [0.5, 0.6) is 11.5 Å². The Hall–Kier alpha value is -3.54. The topological polar surface area (TPSA) is 67.9 Å². The summed E-state index contributed by atoms with van der Waals surface area (Å²) in [7, 11) is 3.13. The molecule has 0 bridgehead atoms. The highest BCUT2D eigenvalue weighted by atomic mass is 16.5. The zero-order chi connectivity index (χ0) is 21.5. The number of methoxy groups -OCH3 is 2. The minimum atomic E-state index is -1.14. The van der Waals surface area contributed by atoms with Crippen LogP contribution < -0.4 is 14.8 Å². The summed E-state index contributed by atoms with van der Waals surface area (Å²) < 4.78 is 10.7. The van der Waals surface area contributed by atoms with E-state index in [-0.39, 0.29) is 12.5 Å². The zero-order valence-electron chi connectivity index (χ0n) is 17.5. The van der Waals surface area contributed by atoms with Crippen LogP contribution in [-0.4, -0.2) is 31.1 Å². The third kappa shape index (κ3) is 3.05. The third-order valence-corrected chi connectivity index (χ3v) is 5.77. The average molecular weight is 404 g/mol. The summed E-state index contributed by atoms with van der Waals surface area (Å²) in [5.74, 6) is 0.886. The van der Waals surface area contributed by atoms with Crippen LogP contribution in [0.3, 0.4) is 0 Å². The predicted molar refractivity (Wildman–Crippen MR) is 115 cm³/mol. The van der Waals surface area contributed by atoms with Gasteiger partial charge in [-0.15, -0.1) is 0 Å². The summed E-state index contributed by atoms with van der Waals surface area (Å²) in [5.41, 5.74) is 1.37. The normalized spacial score (nSPS) is 18.6. The van der Waals surface area contributed by atoms with E-state index in [4.69, 9.17) is 9.47 Å². The van der Waals surface area contributed by atoms with Crippen LogP contribution in [0.25, 0.3) is 10.8 Å². The first-order valence-electron chi connectivity index (χ1n) is 9.73. The number of amides is 3. The van der Waals surface area contributed by atoms with Gasteiger partial charge in [0.05, 0.1) is 20.8 Å². The van der Waals surface area contributed by atoms with Gasteiger partial charge in [0.2, 0.25) is 0 Å². The predicted octanol–water partition coefficient (Wildman–Crippen LogP) is 4.13. The number of urea groups is 1. The molecule has 1 saturated heterocycles. The Morgan fingerprint density at radius 1 is 0.967 bits per heavy atom. The molecule has 3 aromatic rings. The number of ether oxygens (including phenoxy) is 2. The second-order valence-electron chi connectivity index (χ2n) is 7.61. The largest absolute Gasteiger partial charge is 0.493 e. The number of benzene rings is 3. The van der Waals surface area contributed by atoms with Gasteiger partial charge in [0.1, 0.15) is 5.54 Å². The summed E-state index contributed by atoms with van der Waals surface area (Å²) in [6.45, 7) is 3.83. The van der Waals surface area contributed by atoms with E-state index in [9.17, 15) is 9.59 Å². The Morgan fingerprint density at radius 2 is 1.63 bits per heavy atom. The lowest BCUT2D eigenvalue weighted by Crippen LogP contribution is -2.41. The highest BCUT2D eigenvalue weighted by Crippen LogP contribution is 2.36. The Balaban J connectivity index is 1.71. The molecule has 3 amide bonds. The molecule has 0 aromatic heterocycles. The van der Waals surface area contributed by atoms with Gasteiger partial charge in [0, 0.05) is 0 Å². The molecule has 3 aromatic carbocycles. The van der Waals surface area contributed by atoms with Gasteiger partial charge < -0.3 is 14.8 Å². The highest BCUT2D eigenvalue weighted by molar-refractivity contribution is 6.09. The summed E-state index contributed by atoms with van der Waals surface area (Å²) in [4.78, 5) is 27.6. The molecule has 1 atom stereocenters. The van der Waals surface area contributed by atoms with E-state index in [2.05, 4.69) is 5.32 Å². The van der Waals surface area contributed by atoms with Crippen molar-refractivity contribution in [2.45, 2.75) is 25.9 Å². The smallest absolute Gasteiger partial charge is 0.325 e. The molecule has 0 radical (unpaired) electrons. The Bertz CT molecular complexity index is 1150. The molecule has 6 heteroatoms. The first-order chi connectivity index (χ1) is 14.4. The molecule has 0 saturated carbocycles. The maximum Gasteiger partial charge on any atom is 0.325 e. The molecule has 0 aliphatic carbocycles. The van der Waals surface area contributed by atoms with Crippen molar-refractivity contribution < 1.29 is 19.1 Å². The summed E-state index contributed by atoms with van der Waals surface area (Å²) in [5, 5.41) is 4.88. The molecule has 154 valence electrons. The number of rotatable bonds is 5. The van der Waals surface area contributed by atoms with Crippen LogP contribution in [-0.2, 0) is 16.9 Å². The number of nitrogens with one attached hydrogen (secondary N) is 1. The quantitative estimate of drug-likeness (QED) is 0.649. The minimum Gasteiger partial charge on any atom is -0.493 e. The van der Waals surface area contributed by atoms with Crippen LogP contribution in [0.4, 0.5) is 4.79 Å². The molecule has 30 heavy (non-hydrogen) atoms. The van der Waals surface area contributed by atoms with Crippen molar-refractivity contribution in [1.29, 1.82) is 0 Å². The number of carbonyl (C=O) groups is 2. The first kappa shape index (κ1) is 19.8. The lowest BCUT2D eigenvalue weighted by molar-refractivity contribution is -0.131. The van der Waals surface area contributed by atoms with E-state index in [0.717, 1.165) is 27.5 Å². The first-order valence-corrected chi connectivity index (χ1v) is 9.73. The van der Waals surface area contributed by atoms with E-state index < -0.39 is 11.6 Å². The number of nitrogens with zero attached hydrogens (tertiary/aromatic N) is 1. The monoisotopic (exact) mass is 404 g/mol. The third-order valence-electron chi connectivity index (χ3n) is 5.77. The van der Waals surface area contributed by atoms with Gasteiger partial charge in [0.25, 0.3) is 5.91 Å². The summed E-state index contributed by atoms with van der Waals surface area (Å²) in [6, 6.07) is 16.9. The van der Waals surface area contributed by atoms with Crippen molar-refractivity contribution in [3.63, 3.8) is 0 Å². The van der Waals surface area contributed by atoms with Gasteiger partial charge in [-0.1, -0.05) is 42.5 Å². The van der Waals surface area contributed by atoms with E-state index in [1.807, 2.05) is 61.5 Å². The van der Waals surface area contributed by atoms with E-state index in [0.29, 0.717) is 11.5 Å². The van der Waals surface area contributed by atoms with Gasteiger partial charge in [-0.05, 0) is 53.4 Å². The maximum atomic E-state index is 13.5. The lowest BCUT2D eigenvalue weighted by atomic mass is 9.87. The second kappa shape index (κ2) is 7.37. The van der Waals surface area contributed by atoms with Crippen molar-refractivity contribution >= 4 is 22.7 Å². The van der Waals surface area contributed by atoms with Crippen LogP contribution in [0.1, 0.15) is 23.6 Å². The number of hydrogen-bond donors (Lipinski definition) is 1. The average Bonchev–Trinajstić information content (AvgIpc) is 2.97. The molecule has 1 heterocycles. The number of aryl methyl sites for hydroxylation is 1. The SMILES string of the molecule is COc1cc(C)c(CN2C(=O)N[C@@](C)(c3cccc4ccccc34)C2=O)cc1OC. The summed E-state index contributed by atoms with van der Waals surface area (Å²) >= 11 is 0. The fourth-order valence-corrected chi connectivity index (χ4v) is 4.05. The van der Waals surface area contributed by atoms with Crippen LogP contribution in [0, 0.1) is 6.92 Å². The van der Waals surface area contributed by atoms with Crippen LogP contribution >= 0.6 is 0 Å². The molecule has 0 spiro atoms. The number of carbonyl (C=O) groups excluding carboxylic acids is 2. The van der Waals surface area contributed by atoms with Crippen molar-refractivity contribution in [2.24, 2.45) is 0 Å². The summed E-state index contributed by atoms with van der Waals surface area (Å²) in [6.07, 6.45) is 0. The van der Waals surface area contributed by atoms with Gasteiger partial charge in [0.15, 0.2) is 11.5 Å². The standard InChI is InChI=1S/C24H24N2O4/c1-15-12-20(29-3)21(30-4)13-17(15)14-26-22(27)24(2,25-23(26)28)19-11-7-9-16-8-5-6-10-18(16)19/h5-13H,14H2,1-4H3,(H,25,28)/t24-/m0/s1. The molecule has 1 fully saturated rings. The van der Waals surface area contributed by atoms with Crippen molar-refractivity contribution in [1.82, 2.24) is 10.2 Å². The molecular weight excluding hydrogens is 380 g/mol. The minimum absolute atomic E-state index is 0.150. The van der Waals surface area contributed by atoms with Gasteiger partial charge in [-0.2, -0.15) is 0 Å². The lowest BCUT2D eigenvalue weighted by Gasteiger charge is -2.24. The second-order valence-corrected chi connectivity index (χ2v) is 7.61. The van der Waals surface area contributed by atoms with E-state index in [1.165, 1.54) is 4.90 Å². The van der Waals surface area contributed by atoms with Crippen LogP contribution in [0.2, 0.25) is 0 Å².